The summed E-state index contributed by atoms with van der Waals surface area (Å²) in [6, 6.07) is 25.4. The van der Waals surface area contributed by atoms with Crippen molar-refractivity contribution in [3.8, 4) is 5.69 Å². The van der Waals surface area contributed by atoms with Gasteiger partial charge in [0, 0.05) is 6.20 Å². The Morgan fingerprint density at radius 3 is 1.79 bits per heavy atom. The third kappa shape index (κ3) is 3.57. The molecule has 0 bridgehead atoms. The number of hydrogen-bond acceptors (Lipinski definition) is 3. The molecule has 0 saturated carbocycles. The van der Waals surface area contributed by atoms with Crippen molar-refractivity contribution < 1.29 is 9.59 Å². The molecule has 0 radical (unpaired) electrons. The Bertz CT molecular complexity index is 1380. The predicted molar refractivity (Wildman–Crippen MR) is 130 cm³/mol. The monoisotopic (exact) mass is 451 g/mol. The number of para-hydroxylation sites is 1. The van der Waals surface area contributed by atoms with Crippen molar-refractivity contribution in [2.24, 2.45) is 5.92 Å². The fourth-order valence-electron chi connectivity index (χ4n) is 4.66. The molecule has 2 heterocycles. The van der Waals surface area contributed by atoms with Gasteiger partial charge in [-0.1, -0.05) is 74.5 Å². The summed E-state index contributed by atoms with van der Waals surface area (Å²) < 4.78 is 3.27. The lowest BCUT2D eigenvalue weighted by Crippen LogP contribution is -2.38. The van der Waals surface area contributed by atoms with Crippen molar-refractivity contribution in [3.05, 3.63) is 124 Å². The van der Waals surface area contributed by atoms with Crippen molar-refractivity contribution >= 4 is 11.8 Å². The van der Waals surface area contributed by atoms with Gasteiger partial charge in [-0.25, -0.2) is 4.79 Å². The first-order valence-electron chi connectivity index (χ1n) is 11.4. The van der Waals surface area contributed by atoms with Crippen LogP contribution >= 0.6 is 0 Å². The van der Waals surface area contributed by atoms with E-state index in [0.717, 1.165) is 11.3 Å². The molecular formula is C28H25N3O3. The van der Waals surface area contributed by atoms with Crippen molar-refractivity contribution in [2.45, 2.75) is 26.4 Å². The van der Waals surface area contributed by atoms with E-state index in [4.69, 9.17) is 0 Å². The number of benzene rings is 3. The summed E-state index contributed by atoms with van der Waals surface area (Å²) in [4.78, 5) is 41.7. The molecule has 34 heavy (non-hydrogen) atoms. The molecule has 0 fully saturated rings. The molecule has 0 N–H and O–H groups in total. The van der Waals surface area contributed by atoms with E-state index in [0.29, 0.717) is 23.4 Å². The summed E-state index contributed by atoms with van der Waals surface area (Å²) in [6.45, 7) is 4.26. The smallest absolute Gasteiger partial charge is 0.289 e. The SMILES string of the molecule is CC(C)C(c1cn(-c2ccccc2)c(=O)n1Cc1ccccc1)N1C(=O)c2ccccc2C1=O. The second kappa shape index (κ2) is 8.63. The van der Waals surface area contributed by atoms with Gasteiger partial charge in [-0.05, 0) is 35.7 Å². The molecule has 0 spiro atoms. The molecule has 5 rings (SSSR count). The van der Waals surface area contributed by atoms with Gasteiger partial charge >= 0.3 is 5.69 Å². The topological polar surface area (TPSA) is 64.3 Å². The summed E-state index contributed by atoms with van der Waals surface area (Å²) in [6.07, 6.45) is 1.77. The van der Waals surface area contributed by atoms with Crippen molar-refractivity contribution in [1.29, 1.82) is 0 Å². The van der Waals surface area contributed by atoms with Crippen molar-refractivity contribution in [1.82, 2.24) is 14.0 Å². The van der Waals surface area contributed by atoms with Gasteiger partial charge in [0.05, 0.1) is 35.1 Å². The predicted octanol–water partition coefficient (Wildman–Crippen LogP) is 4.68. The third-order valence-corrected chi connectivity index (χ3v) is 6.27. The molecule has 1 aliphatic heterocycles. The lowest BCUT2D eigenvalue weighted by atomic mass is 9.99. The van der Waals surface area contributed by atoms with E-state index in [1.165, 1.54) is 4.90 Å². The number of carbonyl (C=O) groups excluding carboxylic acids is 2. The van der Waals surface area contributed by atoms with E-state index >= 15 is 0 Å². The molecule has 1 aliphatic rings. The van der Waals surface area contributed by atoms with Crippen LogP contribution in [-0.2, 0) is 6.54 Å². The molecule has 4 aromatic rings. The fourth-order valence-corrected chi connectivity index (χ4v) is 4.66. The number of amides is 2. The zero-order chi connectivity index (χ0) is 23.8. The zero-order valence-electron chi connectivity index (χ0n) is 19.1. The average Bonchev–Trinajstić information content (AvgIpc) is 3.30. The Morgan fingerprint density at radius 2 is 1.24 bits per heavy atom. The molecule has 0 saturated heterocycles. The molecular weight excluding hydrogens is 426 g/mol. The minimum absolute atomic E-state index is 0.116. The minimum Gasteiger partial charge on any atom is -0.289 e. The number of fused-ring (bicyclic) bond motifs is 1. The number of aromatic nitrogens is 2. The standard InChI is InChI=1S/C28H25N3O3/c1-19(2)25(31-26(32)22-15-9-10-16-23(22)27(31)33)24-18-29(21-13-7-4-8-14-21)28(34)30(24)17-20-11-5-3-6-12-20/h3-16,18-19,25H,17H2,1-2H3. The van der Waals surface area contributed by atoms with Gasteiger partial charge in [0.2, 0.25) is 0 Å². The maximum Gasteiger partial charge on any atom is 0.333 e. The van der Waals surface area contributed by atoms with Gasteiger partial charge in [-0.3, -0.25) is 23.6 Å². The van der Waals surface area contributed by atoms with Gasteiger partial charge in [0.15, 0.2) is 0 Å². The Labute approximate surface area is 197 Å². The second-order valence-corrected chi connectivity index (χ2v) is 8.83. The summed E-state index contributed by atoms with van der Waals surface area (Å²) in [5.74, 6) is -0.772. The molecule has 1 atom stereocenters. The zero-order valence-corrected chi connectivity index (χ0v) is 19.1. The van der Waals surface area contributed by atoms with Crippen LogP contribution in [0, 0.1) is 5.92 Å². The Morgan fingerprint density at radius 1 is 0.706 bits per heavy atom. The van der Waals surface area contributed by atoms with Gasteiger partial charge < -0.3 is 0 Å². The maximum absolute atomic E-state index is 13.7. The van der Waals surface area contributed by atoms with E-state index < -0.39 is 6.04 Å². The Hall–Kier alpha value is -4.19. The minimum atomic E-state index is -0.603. The van der Waals surface area contributed by atoms with Gasteiger partial charge in [0.25, 0.3) is 11.8 Å². The first-order valence-corrected chi connectivity index (χ1v) is 11.4. The molecule has 3 aromatic carbocycles. The first kappa shape index (κ1) is 21.6. The number of nitrogens with zero attached hydrogens (tertiary/aromatic N) is 3. The number of imide groups is 1. The summed E-state index contributed by atoms with van der Waals surface area (Å²) >= 11 is 0. The number of rotatable bonds is 6. The van der Waals surface area contributed by atoms with E-state index in [2.05, 4.69) is 0 Å². The van der Waals surface area contributed by atoms with E-state index in [-0.39, 0.29) is 23.4 Å². The number of hydrogen-bond donors (Lipinski definition) is 0. The van der Waals surface area contributed by atoms with Crippen LogP contribution in [0.25, 0.3) is 5.69 Å². The highest BCUT2D eigenvalue weighted by molar-refractivity contribution is 6.21. The van der Waals surface area contributed by atoms with E-state index in [1.54, 1.807) is 39.6 Å². The van der Waals surface area contributed by atoms with Gasteiger partial charge in [0.1, 0.15) is 0 Å². The van der Waals surface area contributed by atoms with Crippen LogP contribution < -0.4 is 5.69 Å². The van der Waals surface area contributed by atoms with Crippen LogP contribution in [-0.4, -0.2) is 25.8 Å². The number of carbonyl (C=O) groups is 2. The summed E-state index contributed by atoms with van der Waals surface area (Å²) in [7, 11) is 0. The molecule has 6 heteroatoms. The van der Waals surface area contributed by atoms with Crippen LogP contribution in [0.1, 0.15) is 51.9 Å². The summed E-state index contributed by atoms with van der Waals surface area (Å²) in [5.41, 5.74) is 2.90. The highest BCUT2D eigenvalue weighted by Crippen LogP contribution is 2.36. The van der Waals surface area contributed by atoms with Crippen LogP contribution in [0.15, 0.2) is 95.9 Å². The van der Waals surface area contributed by atoms with E-state index in [1.807, 2.05) is 74.5 Å². The van der Waals surface area contributed by atoms with E-state index in [9.17, 15) is 14.4 Å². The molecule has 170 valence electrons. The molecule has 1 aromatic heterocycles. The van der Waals surface area contributed by atoms with Crippen LogP contribution in [0.2, 0.25) is 0 Å². The van der Waals surface area contributed by atoms with Crippen LogP contribution in [0.5, 0.6) is 0 Å². The van der Waals surface area contributed by atoms with Gasteiger partial charge in [-0.15, -0.1) is 0 Å². The molecule has 1 unspecified atom stereocenters. The van der Waals surface area contributed by atoms with Crippen LogP contribution in [0.3, 0.4) is 0 Å². The Balaban J connectivity index is 1.68. The maximum atomic E-state index is 13.7. The fraction of sp³-hybridized carbons (Fsp3) is 0.179. The molecule has 0 aliphatic carbocycles. The van der Waals surface area contributed by atoms with Gasteiger partial charge in [-0.2, -0.15) is 0 Å². The first-order chi connectivity index (χ1) is 16.5. The lowest BCUT2D eigenvalue weighted by Gasteiger charge is -2.30. The van der Waals surface area contributed by atoms with Crippen molar-refractivity contribution in [2.75, 3.05) is 0 Å². The highest BCUT2D eigenvalue weighted by atomic mass is 16.2. The highest BCUT2D eigenvalue weighted by Gasteiger charge is 2.43. The molecule has 6 nitrogen and oxygen atoms in total. The largest absolute Gasteiger partial charge is 0.333 e. The van der Waals surface area contributed by atoms with Crippen molar-refractivity contribution in [3.63, 3.8) is 0 Å². The third-order valence-electron chi connectivity index (χ3n) is 6.27. The normalized spacial score (nSPS) is 14.0. The molecule has 2 amide bonds. The van der Waals surface area contributed by atoms with Crippen LogP contribution in [0.4, 0.5) is 0 Å². The number of imidazole rings is 1. The Kier molecular flexibility index (Phi) is 5.49. The quantitative estimate of drug-likeness (QED) is 0.400. The second-order valence-electron chi connectivity index (χ2n) is 8.83. The summed E-state index contributed by atoms with van der Waals surface area (Å²) in [5, 5.41) is 0. The lowest BCUT2D eigenvalue weighted by molar-refractivity contribution is 0.0530. The average molecular weight is 452 g/mol.